The molecule has 0 bridgehead atoms. The number of methoxy groups -OCH3 is 2. The van der Waals surface area contributed by atoms with Gasteiger partial charge in [0.1, 0.15) is 11.4 Å². The van der Waals surface area contributed by atoms with Gasteiger partial charge in [-0.05, 0) is 37.4 Å². The van der Waals surface area contributed by atoms with Gasteiger partial charge in [0.2, 0.25) is 0 Å². The maximum atomic E-state index is 5.94. The number of ether oxygens (including phenoxy) is 2. The van der Waals surface area contributed by atoms with Crippen LogP contribution in [0.4, 0.5) is 0 Å². The highest BCUT2D eigenvalue weighted by molar-refractivity contribution is 5.85. The van der Waals surface area contributed by atoms with Crippen molar-refractivity contribution in [3.05, 3.63) is 53.8 Å². The maximum absolute atomic E-state index is 5.94. The summed E-state index contributed by atoms with van der Waals surface area (Å²) in [6.07, 6.45) is 5.00. The van der Waals surface area contributed by atoms with E-state index in [-0.39, 0.29) is 18.0 Å². The molecule has 0 radical (unpaired) electrons. The average molecular weight is 310 g/mol. The second kappa shape index (κ2) is 7.64. The fourth-order valence-electron chi connectivity index (χ4n) is 2.73. The first-order valence-electron chi connectivity index (χ1n) is 6.83. The summed E-state index contributed by atoms with van der Waals surface area (Å²) in [6.45, 7) is 0.831. The van der Waals surface area contributed by atoms with Gasteiger partial charge in [-0.15, -0.1) is 12.4 Å². The number of hydrogen-bond acceptors (Lipinski definition) is 3. The molecule has 3 nitrogen and oxygen atoms in total. The minimum absolute atomic E-state index is 0. The van der Waals surface area contributed by atoms with Gasteiger partial charge in [-0.2, -0.15) is 0 Å². The van der Waals surface area contributed by atoms with Crippen molar-refractivity contribution in [2.45, 2.75) is 12.0 Å². The maximum Gasteiger partial charge on any atom is 0.115 e. The average Bonchev–Trinajstić information content (AvgIpc) is 2.48. The van der Waals surface area contributed by atoms with E-state index in [2.05, 4.69) is 55.4 Å². The van der Waals surface area contributed by atoms with E-state index in [0.717, 1.165) is 18.7 Å². The van der Waals surface area contributed by atoms with Gasteiger partial charge in [0.25, 0.3) is 0 Å². The highest BCUT2D eigenvalue weighted by atomic mass is 35.5. The van der Waals surface area contributed by atoms with Crippen molar-refractivity contribution in [1.29, 1.82) is 0 Å². The SMILES string of the molecule is COC1=CCC(CN(C)C)(OC)C(c2ccccc2)=C1.Cl. The minimum Gasteiger partial charge on any atom is -0.497 e. The van der Waals surface area contributed by atoms with Gasteiger partial charge in [-0.1, -0.05) is 30.3 Å². The molecule has 0 amide bonds. The molecule has 0 spiro atoms. The Morgan fingerprint density at radius 2 is 1.81 bits per heavy atom. The largest absolute Gasteiger partial charge is 0.497 e. The fourth-order valence-corrected chi connectivity index (χ4v) is 2.73. The Morgan fingerprint density at radius 1 is 1.14 bits per heavy atom. The molecule has 1 aliphatic rings. The zero-order valence-electron chi connectivity index (χ0n) is 13.1. The van der Waals surface area contributed by atoms with Gasteiger partial charge >= 0.3 is 0 Å². The Labute approximate surface area is 133 Å². The number of halogens is 1. The van der Waals surface area contributed by atoms with Crippen molar-refractivity contribution in [2.24, 2.45) is 0 Å². The van der Waals surface area contributed by atoms with Crippen LogP contribution < -0.4 is 0 Å². The summed E-state index contributed by atoms with van der Waals surface area (Å²) >= 11 is 0. The summed E-state index contributed by atoms with van der Waals surface area (Å²) in [7, 11) is 7.63. The van der Waals surface area contributed by atoms with Gasteiger partial charge < -0.3 is 14.4 Å². The lowest BCUT2D eigenvalue weighted by atomic mass is 9.81. The van der Waals surface area contributed by atoms with Crippen LogP contribution in [0.5, 0.6) is 0 Å². The van der Waals surface area contributed by atoms with Crippen molar-refractivity contribution in [3.63, 3.8) is 0 Å². The fraction of sp³-hybridized carbons (Fsp3) is 0.412. The molecule has 1 aromatic carbocycles. The Hall–Kier alpha value is -1.29. The van der Waals surface area contributed by atoms with Gasteiger partial charge in [0, 0.05) is 20.1 Å². The molecule has 1 aromatic rings. The minimum atomic E-state index is -0.327. The molecular formula is C17H24ClNO2. The molecule has 1 atom stereocenters. The summed E-state index contributed by atoms with van der Waals surface area (Å²) in [6, 6.07) is 10.4. The third-order valence-electron chi connectivity index (χ3n) is 3.69. The van der Waals surface area contributed by atoms with E-state index in [1.54, 1.807) is 14.2 Å². The first-order chi connectivity index (χ1) is 9.61. The van der Waals surface area contributed by atoms with E-state index in [0.29, 0.717) is 0 Å². The highest BCUT2D eigenvalue weighted by Gasteiger charge is 2.37. The van der Waals surface area contributed by atoms with Gasteiger partial charge in [0.05, 0.1) is 7.11 Å². The molecule has 2 rings (SSSR count). The lowest BCUT2D eigenvalue weighted by molar-refractivity contribution is 0.0207. The number of hydrogen-bond donors (Lipinski definition) is 0. The quantitative estimate of drug-likeness (QED) is 0.832. The molecule has 1 aliphatic carbocycles. The van der Waals surface area contributed by atoms with Crippen LogP contribution in [-0.4, -0.2) is 45.4 Å². The lowest BCUT2D eigenvalue weighted by Crippen LogP contribution is -2.43. The van der Waals surface area contributed by atoms with Crippen LogP contribution in [0.1, 0.15) is 12.0 Å². The zero-order valence-corrected chi connectivity index (χ0v) is 13.9. The summed E-state index contributed by atoms with van der Waals surface area (Å²) in [5.74, 6) is 0.898. The van der Waals surface area contributed by atoms with Crippen molar-refractivity contribution < 1.29 is 9.47 Å². The highest BCUT2D eigenvalue weighted by Crippen LogP contribution is 2.38. The van der Waals surface area contributed by atoms with Gasteiger partial charge in [0.15, 0.2) is 0 Å². The molecule has 4 heteroatoms. The zero-order chi connectivity index (χ0) is 14.6. The molecule has 0 aliphatic heterocycles. The number of benzene rings is 1. The van der Waals surface area contributed by atoms with Crippen LogP contribution in [0.3, 0.4) is 0 Å². The van der Waals surface area contributed by atoms with E-state index in [9.17, 15) is 0 Å². The molecule has 0 saturated heterocycles. The topological polar surface area (TPSA) is 21.7 Å². The molecular weight excluding hydrogens is 286 g/mol. The standard InChI is InChI=1S/C17H23NO2.ClH/c1-18(2)13-17(20-4)11-10-15(19-3)12-16(17)14-8-6-5-7-9-14;/h5-10,12H,11,13H2,1-4H3;1H. The van der Waals surface area contributed by atoms with E-state index in [4.69, 9.17) is 9.47 Å². The molecule has 0 saturated carbocycles. The second-order valence-electron chi connectivity index (χ2n) is 5.37. The van der Waals surface area contributed by atoms with Gasteiger partial charge in [-0.25, -0.2) is 0 Å². The predicted molar refractivity (Wildman–Crippen MR) is 89.7 cm³/mol. The van der Waals surface area contributed by atoms with Gasteiger partial charge in [-0.3, -0.25) is 0 Å². The van der Waals surface area contributed by atoms with E-state index < -0.39 is 0 Å². The van der Waals surface area contributed by atoms with Crippen LogP contribution in [0.25, 0.3) is 5.57 Å². The molecule has 1 unspecified atom stereocenters. The first kappa shape index (κ1) is 17.8. The number of likely N-dealkylation sites (N-methyl/N-ethyl adjacent to an activating group) is 1. The molecule has 0 heterocycles. The number of rotatable bonds is 5. The third-order valence-corrected chi connectivity index (χ3v) is 3.69. The summed E-state index contributed by atoms with van der Waals surface area (Å²) in [5.41, 5.74) is 2.03. The summed E-state index contributed by atoms with van der Waals surface area (Å²) in [5, 5.41) is 0. The molecule has 0 fully saturated rings. The lowest BCUT2D eigenvalue weighted by Gasteiger charge is -2.38. The van der Waals surface area contributed by atoms with E-state index in [1.165, 1.54) is 11.1 Å². The number of nitrogens with zero attached hydrogens (tertiary/aromatic N) is 1. The monoisotopic (exact) mass is 309 g/mol. The predicted octanol–water partition coefficient (Wildman–Crippen LogP) is 3.37. The Bertz CT molecular complexity index is 511. The Balaban J connectivity index is 0.00000220. The third kappa shape index (κ3) is 3.88. The van der Waals surface area contributed by atoms with Crippen LogP contribution >= 0.6 is 12.4 Å². The first-order valence-corrected chi connectivity index (χ1v) is 6.83. The summed E-state index contributed by atoms with van der Waals surface area (Å²) in [4.78, 5) is 2.16. The molecule has 21 heavy (non-hydrogen) atoms. The normalized spacial score (nSPS) is 21.4. The van der Waals surface area contributed by atoms with E-state index in [1.807, 2.05) is 6.07 Å². The molecule has 0 aromatic heterocycles. The van der Waals surface area contributed by atoms with Crippen LogP contribution in [0, 0.1) is 0 Å². The Kier molecular flexibility index (Phi) is 6.46. The summed E-state index contributed by atoms with van der Waals surface area (Å²) < 4.78 is 11.3. The van der Waals surface area contributed by atoms with E-state index >= 15 is 0 Å². The van der Waals surface area contributed by atoms with Crippen molar-refractivity contribution in [3.8, 4) is 0 Å². The van der Waals surface area contributed by atoms with Crippen molar-refractivity contribution in [1.82, 2.24) is 4.90 Å². The van der Waals surface area contributed by atoms with Crippen LogP contribution in [0.15, 0.2) is 48.2 Å². The van der Waals surface area contributed by atoms with Crippen LogP contribution in [0.2, 0.25) is 0 Å². The van der Waals surface area contributed by atoms with Crippen molar-refractivity contribution in [2.75, 3.05) is 34.9 Å². The smallest absolute Gasteiger partial charge is 0.115 e. The number of allylic oxidation sites excluding steroid dienone is 1. The molecule has 116 valence electrons. The van der Waals surface area contributed by atoms with Crippen molar-refractivity contribution >= 4 is 18.0 Å². The second-order valence-corrected chi connectivity index (χ2v) is 5.37. The van der Waals surface area contributed by atoms with Crippen LogP contribution in [-0.2, 0) is 9.47 Å². The Morgan fingerprint density at radius 3 is 2.33 bits per heavy atom. The molecule has 0 N–H and O–H groups in total.